The first-order valence-corrected chi connectivity index (χ1v) is 4.28. The second-order valence-corrected chi connectivity index (χ2v) is 3.17. The molecule has 0 aromatic carbocycles. The number of aliphatic hydroxyl groups is 3. The van der Waals surface area contributed by atoms with E-state index in [1.165, 1.54) is 7.05 Å². The molecule has 0 amide bonds. The highest BCUT2D eigenvalue weighted by molar-refractivity contribution is 4.92. The van der Waals surface area contributed by atoms with Crippen molar-refractivity contribution in [3.63, 3.8) is 0 Å². The summed E-state index contributed by atoms with van der Waals surface area (Å²) in [6.07, 6.45) is -4.63. The van der Waals surface area contributed by atoms with Crippen molar-refractivity contribution in [1.82, 2.24) is 5.32 Å². The van der Waals surface area contributed by atoms with Gasteiger partial charge in [0.15, 0.2) is 6.29 Å². The second-order valence-electron chi connectivity index (χ2n) is 3.17. The van der Waals surface area contributed by atoms with Crippen molar-refractivity contribution in [3.05, 3.63) is 4.91 Å². The summed E-state index contributed by atoms with van der Waals surface area (Å²) in [7, 11) is 1.52. The molecular weight excluding hydrogens is 192 g/mol. The summed E-state index contributed by atoms with van der Waals surface area (Å²) in [6, 6.07) is -0.770. The van der Waals surface area contributed by atoms with Gasteiger partial charge in [-0.15, -0.1) is 0 Å². The third kappa shape index (κ3) is 2.07. The Bertz CT molecular complexity index is 203. The highest BCUT2D eigenvalue weighted by Gasteiger charge is 2.43. The van der Waals surface area contributed by atoms with Gasteiger partial charge in [0.05, 0.1) is 6.04 Å². The van der Waals surface area contributed by atoms with E-state index in [-0.39, 0.29) is 6.54 Å². The van der Waals surface area contributed by atoms with Crippen LogP contribution in [0.3, 0.4) is 0 Å². The smallest absolute Gasteiger partial charge is 0.173 e. The van der Waals surface area contributed by atoms with E-state index in [1.54, 1.807) is 0 Å². The van der Waals surface area contributed by atoms with Crippen molar-refractivity contribution in [2.75, 3.05) is 13.6 Å². The number of ether oxygens (including phenoxy) is 1. The number of likely N-dealkylation sites (N-methyl/N-ethyl adjacent to an activating group) is 1. The van der Waals surface area contributed by atoms with Gasteiger partial charge in [0.1, 0.15) is 24.9 Å². The van der Waals surface area contributed by atoms with Gasteiger partial charge < -0.3 is 25.4 Å². The van der Waals surface area contributed by atoms with E-state index in [9.17, 15) is 20.2 Å². The van der Waals surface area contributed by atoms with E-state index in [0.29, 0.717) is 0 Å². The first-order chi connectivity index (χ1) is 6.61. The van der Waals surface area contributed by atoms with Gasteiger partial charge in [-0.2, -0.15) is 4.91 Å². The number of aliphatic hydroxyl groups excluding tert-OH is 3. The zero-order valence-corrected chi connectivity index (χ0v) is 7.70. The predicted molar refractivity (Wildman–Crippen MR) is 46.4 cm³/mol. The van der Waals surface area contributed by atoms with E-state index in [2.05, 4.69) is 10.5 Å². The Morgan fingerprint density at radius 1 is 1.36 bits per heavy atom. The normalized spacial score (nSPS) is 43.6. The lowest BCUT2D eigenvalue weighted by atomic mass is 9.97. The molecule has 0 aliphatic carbocycles. The van der Waals surface area contributed by atoms with Crippen molar-refractivity contribution < 1.29 is 20.1 Å². The van der Waals surface area contributed by atoms with Gasteiger partial charge in [0, 0.05) is 0 Å². The molecule has 0 aromatic heterocycles. The van der Waals surface area contributed by atoms with Crippen LogP contribution in [0.1, 0.15) is 0 Å². The SMILES string of the molecule is CNC1C(O)OC(CN=O)C(O)C1O. The zero-order chi connectivity index (χ0) is 10.7. The van der Waals surface area contributed by atoms with Crippen LogP contribution in [0.2, 0.25) is 0 Å². The van der Waals surface area contributed by atoms with Crippen LogP contribution in [0.25, 0.3) is 0 Å². The molecule has 82 valence electrons. The summed E-state index contributed by atoms with van der Waals surface area (Å²) in [4.78, 5) is 9.96. The minimum absolute atomic E-state index is 0.300. The van der Waals surface area contributed by atoms with Crippen LogP contribution in [-0.4, -0.2) is 59.6 Å². The maximum Gasteiger partial charge on any atom is 0.173 e. The maximum absolute atomic E-state index is 9.96. The van der Waals surface area contributed by atoms with E-state index >= 15 is 0 Å². The molecule has 14 heavy (non-hydrogen) atoms. The molecule has 1 fully saturated rings. The van der Waals surface area contributed by atoms with E-state index in [1.807, 2.05) is 0 Å². The lowest BCUT2D eigenvalue weighted by Crippen LogP contribution is -2.62. The van der Waals surface area contributed by atoms with Gasteiger partial charge in [-0.1, -0.05) is 5.18 Å². The Labute approximate surface area is 80.7 Å². The molecule has 1 heterocycles. The summed E-state index contributed by atoms with van der Waals surface area (Å²) < 4.78 is 4.90. The summed E-state index contributed by atoms with van der Waals surface area (Å²) >= 11 is 0. The van der Waals surface area contributed by atoms with E-state index in [0.717, 1.165) is 0 Å². The quantitative estimate of drug-likeness (QED) is 0.389. The van der Waals surface area contributed by atoms with Crippen LogP contribution in [0.5, 0.6) is 0 Å². The Balaban J connectivity index is 2.67. The fourth-order valence-corrected chi connectivity index (χ4v) is 1.48. The predicted octanol–water partition coefficient (Wildman–Crippen LogP) is -2.22. The van der Waals surface area contributed by atoms with Crippen molar-refractivity contribution in [2.45, 2.75) is 30.6 Å². The largest absolute Gasteiger partial charge is 0.388 e. The van der Waals surface area contributed by atoms with Crippen molar-refractivity contribution >= 4 is 0 Å². The molecule has 1 saturated heterocycles. The molecule has 0 bridgehead atoms. The van der Waals surface area contributed by atoms with Crippen LogP contribution in [0, 0.1) is 4.91 Å². The molecule has 7 heteroatoms. The molecule has 5 unspecified atom stereocenters. The van der Waals surface area contributed by atoms with Crippen molar-refractivity contribution in [2.24, 2.45) is 5.18 Å². The third-order valence-electron chi connectivity index (χ3n) is 2.31. The van der Waals surface area contributed by atoms with Gasteiger partial charge in [0.25, 0.3) is 0 Å². The molecular formula is C7H14N2O5. The van der Waals surface area contributed by atoms with Crippen LogP contribution in [0.15, 0.2) is 5.18 Å². The van der Waals surface area contributed by atoms with E-state index < -0.39 is 30.6 Å². The summed E-state index contributed by atoms with van der Waals surface area (Å²) in [5.41, 5.74) is 0. The van der Waals surface area contributed by atoms with Crippen molar-refractivity contribution in [1.29, 1.82) is 0 Å². The Morgan fingerprint density at radius 3 is 2.50 bits per heavy atom. The first-order valence-electron chi connectivity index (χ1n) is 4.28. The van der Waals surface area contributed by atoms with Gasteiger partial charge in [-0.3, -0.25) is 0 Å². The lowest BCUT2D eigenvalue weighted by molar-refractivity contribution is -0.243. The molecule has 0 aromatic rings. The minimum atomic E-state index is -1.26. The number of nitrogens with one attached hydrogen (secondary N) is 1. The summed E-state index contributed by atoms with van der Waals surface area (Å²) in [5, 5.41) is 33.5. The van der Waals surface area contributed by atoms with Gasteiger partial charge in [0.2, 0.25) is 0 Å². The first kappa shape index (κ1) is 11.5. The Morgan fingerprint density at radius 2 is 2.00 bits per heavy atom. The van der Waals surface area contributed by atoms with Crippen LogP contribution in [-0.2, 0) is 4.74 Å². The molecule has 7 nitrogen and oxygen atoms in total. The molecule has 1 aliphatic heterocycles. The fourth-order valence-electron chi connectivity index (χ4n) is 1.48. The number of hydrogen-bond donors (Lipinski definition) is 4. The molecule has 0 radical (unpaired) electrons. The highest BCUT2D eigenvalue weighted by Crippen LogP contribution is 2.19. The Hall–Kier alpha value is -0.600. The molecule has 0 spiro atoms. The van der Waals surface area contributed by atoms with Crippen LogP contribution >= 0.6 is 0 Å². The van der Waals surface area contributed by atoms with E-state index in [4.69, 9.17) is 4.74 Å². The lowest BCUT2D eigenvalue weighted by Gasteiger charge is -2.39. The number of rotatable bonds is 3. The molecule has 4 N–H and O–H groups in total. The average Bonchev–Trinajstić information content (AvgIpc) is 2.15. The highest BCUT2D eigenvalue weighted by atomic mass is 16.6. The molecule has 0 saturated carbocycles. The summed E-state index contributed by atoms with van der Waals surface area (Å²) in [5.74, 6) is 0. The van der Waals surface area contributed by atoms with Crippen LogP contribution in [0.4, 0.5) is 0 Å². The number of nitroso groups, excluding NO2 is 1. The minimum Gasteiger partial charge on any atom is -0.388 e. The monoisotopic (exact) mass is 206 g/mol. The zero-order valence-electron chi connectivity index (χ0n) is 7.70. The maximum atomic E-state index is 9.96. The molecule has 1 rings (SSSR count). The van der Waals surface area contributed by atoms with Crippen LogP contribution < -0.4 is 5.32 Å². The fraction of sp³-hybridized carbons (Fsp3) is 1.00. The topological polar surface area (TPSA) is 111 Å². The second kappa shape index (κ2) is 4.76. The average molecular weight is 206 g/mol. The standard InChI is InChI=1S/C7H14N2O5/c1-8-4-6(11)5(10)3(2-9-13)14-7(4)12/h3-8,10-12H,2H2,1H3. The van der Waals surface area contributed by atoms with Gasteiger partial charge in [-0.05, 0) is 7.05 Å². The molecule has 1 aliphatic rings. The number of hydrogen-bond acceptors (Lipinski definition) is 7. The van der Waals surface area contributed by atoms with Gasteiger partial charge in [-0.25, -0.2) is 0 Å². The Kier molecular flexibility index (Phi) is 3.90. The molecule has 5 atom stereocenters. The third-order valence-corrected chi connectivity index (χ3v) is 2.31. The number of nitrogens with zero attached hydrogens (tertiary/aromatic N) is 1. The van der Waals surface area contributed by atoms with Crippen molar-refractivity contribution in [3.8, 4) is 0 Å². The summed E-state index contributed by atoms with van der Waals surface area (Å²) in [6.45, 7) is -0.300. The van der Waals surface area contributed by atoms with Gasteiger partial charge >= 0.3 is 0 Å².